The largest absolute Gasteiger partial charge is 0.335 e. The van der Waals surface area contributed by atoms with Crippen molar-refractivity contribution in [3.63, 3.8) is 0 Å². The van der Waals surface area contributed by atoms with Gasteiger partial charge in [0.15, 0.2) is 0 Å². The van der Waals surface area contributed by atoms with Crippen LogP contribution in [0.1, 0.15) is 68.2 Å². The molecule has 3 heteroatoms. The van der Waals surface area contributed by atoms with Gasteiger partial charge in [-0.3, -0.25) is 0 Å². The van der Waals surface area contributed by atoms with Gasteiger partial charge < -0.3 is 10.6 Å². The highest BCUT2D eigenvalue weighted by Gasteiger charge is 2.18. The highest BCUT2D eigenvalue weighted by atomic mass is 16.2. The molecule has 1 atom stereocenters. The molecule has 2 amide bonds. The lowest BCUT2D eigenvalue weighted by Crippen LogP contribution is -2.44. The Labute approximate surface area is 128 Å². The number of carbonyl (C=O) groups is 1. The Kier molecular flexibility index (Phi) is 5.66. The van der Waals surface area contributed by atoms with Gasteiger partial charge in [-0.1, -0.05) is 44.4 Å². The van der Waals surface area contributed by atoms with Crippen LogP contribution < -0.4 is 10.6 Å². The van der Waals surface area contributed by atoms with Gasteiger partial charge in [-0.25, -0.2) is 4.79 Å². The number of rotatable bonds is 4. The van der Waals surface area contributed by atoms with Crippen LogP contribution in [-0.2, 0) is 0 Å². The fourth-order valence-corrected chi connectivity index (χ4v) is 3.03. The van der Waals surface area contributed by atoms with Crippen molar-refractivity contribution in [2.75, 3.05) is 0 Å². The number of hydrogen-bond acceptors (Lipinski definition) is 1. The maximum absolute atomic E-state index is 12.2. The molecule has 0 aromatic heterocycles. The van der Waals surface area contributed by atoms with E-state index in [2.05, 4.69) is 49.6 Å². The Hall–Kier alpha value is -1.51. The van der Waals surface area contributed by atoms with Crippen LogP contribution in [0.5, 0.6) is 0 Å². The highest BCUT2D eigenvalue weighted by molar-refractivity contribution is 5.74. The first-order valence-corrected chi connectivity index (χ1v) is 8.24. The van der Waals surface area contributed by atoms with E-state index >= 15 is 0 Å². The van der Waals surface area contributed by atoms with Crippen LogP contribution in [0.3, 0.4) is 0 Å². The van der Waals surface area contributed by atoms with Gasteiger partial charge in [0.1, 0.15) is 0 Å². The molecular formula is C18H28N2O. The molecule has 0 spiro atoms. The molecule has 116 valence electrons. The van der Waals surface area contributed by atoms with E-state index in [-0.39, 0.29) is 12.1 Å². The zero-order chi connectivity index (χ0) is 15.2. The zero-order valence-corrected chi connectivity index (χ0v) is 13.5. The molecule has 0 heterocycles. The van der Waals surface area contributed by atoms with Crippen molar-refractivity contribution >= 4 is 6.03 Å². The topological polar surface area (TPSA) is 41.1 Å². The van der Waals surface area contributed by atoms with Gasteiger partial charge in [-0.05, 0) is 49.8 Å². The summed E-state index contributed by atoms with van der Waals surface area (Å²) in [6.45, 7) is 6.34. The molecule has 0 bridgehead atoms. The molecule has 0 unspecified atom stereocenters. The van der Waals surface area contributed by atoms with E-state index in [1.807, 2.05) is 0 Å². The van der Waals surface area contributed by atoms with Gasteiger partial charge in [-0.2, -0.15) is 0 Å². The lowest BCUT2D eigenvalue weighted by atomic mass is 9.95. The minimum absolute atomic E-state index is 0.0213. The quantitative estimate of drug-likeness (QED) is 0.847. The maximum atomic E-state index is 12.2. The lowest BCUT2D eigenvalue weighted by molar-refractivity contribution is 0.228. The third-order valence-corrected chi connectivity index (χ3v) is 4.59. The van der Waals surface area contributed by atoms with Gasteiger partial charge in [0.25, 0.3) is 0 Å². The van der Waals surface area contributed by atoms with E-state index in [1.165, 1.54) is 36.0 Å². The number of carbonyl (C=O) groups excluding carboxylic acids is 1. The molecule has 1 saturated carbocycles. The normalized spacial score (nSPS) is 17.3. The number of aryl methyl sites for hydroxylation is 2. The first-order chi connectivity index (χ1) is 10.1. The summed E-state index contributed by atoms with van der Waals surface area (Å²) in [5.74, 6) is 0. The molecule has 0 aliphatic heterocycles. The molecule has 1 aliphatic carbocycles. The Bertz CT molecular complexity index is 478. The van der Waals surface area contributed by atoms with Gasteiger partial charge in [0, 0.05) is 6.04 Å². The molecule has 0 radical (unpaired) electrons. The minimum Gasteiger partial charge on any atom is -0.335 e. The molecule has 0 saturated heterocycles. The zero-order valence-electron chi connectivity index (χ0n) is 13.5. The second-order valence-corrected chi connectivity index (χ2v) is 6.26. The fraction of sp³-hybridized carbons (Fsp3) is 0.611. The van der Waals surface area contributed by atoms with Crippen LogP contribution in [0.4, 0.5) is 4.79 Å². The van der Waals surface area contributed by atoms with Crippen molar-refractivity contribution < 1.29 is 4.79 Å². The van der Waals surface area contributed by atoms with Gasteiger partial charge >= 0.3 is 6.03 Å². The summed E-state index contributed by atoms with van der Waals surface area (Å²) in [6, 6.07) is 6.87. The summed E-state index contributed by atoms with van der Waals surface area (Å²) < 4.78 is 0. The average molecular weight is 288 g/mol. The fourth-order valence-electron chi connectivity index (χ4n) is 3.03. The van der Waals surface area contributed by atoms with Crippen LogP contribution in [0.2, 0.25) is 0 Å². The first kappa shape index (κ1) is 15.9. The van der Waals surface area contributed by atoms with Crippen LogP contribution in [0, 0.1) is 13.8 Å². The Morgan fingerprint density at radius 2 is 1.90 bits per heavy atom. The molecule has 3 nitrogen and oxygen atoms in total. The van der Waals surface area contributed by atoms with Gasteiger partial charge in [-0.15, -0.1) is 0 Å². The van der Waals surface area contributed by atoms with Crippen molar-refractivity contribution in [3.05, 3.63) is 34.9 Å². The molecule has 1 fully saturated rings. The van der Waals surface area contributed by atoms with Crippen LogP contribution in [0.15, 0.2) is 18.2 Å². The molecule has 1 aliphatic rings. The third-order valence-electron chi connectivity index (χ3n) is 4.59. The first-order valence-electron chi connectivity index (χ1n) is 8.24. The number of nitrogens with one attached hydrogen (secondary N) is 2. The van der Waals surface area contributed by atoms with Crippen molar-refractivity contribution in [1.29, 1.82) is 0 Å². The molecule has 21 heavy (non-hydrogen) atoms. The van der Waals surface area contributed by atoms with E-state index < -0.39 is 0 Å². The number of amides is 2. The maximum Gasteiger partial charge on any atom is 0.315 e. The van der Waals surface area contributed by atoms with E-state index in [9.17, 15) is 4.79 Å². The second kappa shape index (κ2) is 7.48. The van der Waals surface area contributed by atoms with Crippen molar-refractivity contribution in [2.24, 2.45) is 0 Å². The van der Waals surface area contributed by atoms with Gasteiger partial charge in [0.05, 0.1) is 6.04 Å². The Balaban J connectivity index is 1.94. The average Bonchev–Trinajstić information content (AvgIpc) is 2.49. The van der Waals surface area contributed by atoms with Crippen molar-refractivity contribution in [1.82, 2.24) is 10.6 Å². The van der Waals surface area contributed by atoms with Crippen molar-refractivity contribution in [3.8, 4) is 0 Å². The summed E-state index contributed by atoms with van der Waals surface area (Å²) in [4.78, 5) is 12.2. The molecule has 2 N–H and O–H groups in total. The molecule has 2 rings (SSSR count). The summed E-state index contributed by atoms with van der Waals surface area (Å²) in [5, 5.41) is 6.26. The van der Waals surface area contributed by atoms with Crippen LogP contribution in [-0.4, -0.2) is 12.1 Å². The molecule has 1 aromatic rings. The number of hydrogen-bond donors (Lipinski definition) is 2. The summed E-state index contributed by atoms with van der Waals surface area (Å²) >= 11 is 0. The molecule has 1 aromatic carbocycles. The summed E-state index contributed by atoms with van der Waals surface area (Å²) in [5.41, 5.74) is 3.76. The van der Waals surface area contributed by atoms with E-state index in [4.69, 9.17) is 0 Å². The monoisotopic (exact) mass is 288 g/mol. The van der Waals surface area contributed by atoms with E-state index in [0.29, 0.717) is 6.04 Å². The standard InChI is InChI=1S/C18H28N2O/c1-4-17(15-11-10-13(2)14(3)12-15)20-18(21)19-16-8-6-5-7-9-16/h10-12,16-17H,4-9H2,1-3H3,(H2,19,20,21)/t17-/m1/s1. The SMILES string of the molecule is CC[C@@H](NC(=O)NC1CCCCC1)c1ccc(C)c(C)c1. The Morgan fingerprint density at radius 3 is 2.52 bits per heavy atom. The highest BCUT2D eigenvalue weighted by Crippen LogP contribution is 2.20. The molecular weight excluding hydrogens is 260 g/mol. The van der Waals surface area contributed by atoms with Crippen LogP contribution >= 0.6 is 0 Å². The Morgan fingerprint density at radius 1 is 1.19 bits per heavy atom. The van der Waals surface area contributed by atoms with Crippen LogP contribution in [0.25, 0.3) is 0 Å². The summed E-state index contributed by atoms with van der Waals surface area (Å²) in [6.07, 6.45) is 6.92. The number of benzene rings is 1. The van der Waals surface area contributed by atoms with E-state index in [0.717, 1.165) is 19.3 Å². The van der Waals surface area contributed by atoms with Crippen molar-refractivity contribution in [2.45, 2.75) is 71.4 Å². The third kappa shape index (κ3) is 4.48. The predicted molar refractivity (Wildman–Crippen MR) is 87.5 cm³/mol. The number of urea groups is 1. The smallest absolute Gasteiger partial charge is 0.315 e. The van der Waals surface area contributed by atoms with Gasteiger partial charge in [0.2, 0.25) is 0 Å². The summed E-state index contributed by atoms with van der Waals surface area (Å²) in [7, 11) is 0. The minimum atomic E-state index is -0.0213. The predicted octanol–water partition coefficient (Wildman–Crippen LogP) is 4.39. The van der Waals surface area contributed by atoms with E-state index in [1.54, 1.807) is 0 Å². The second-order valence-electron chi connectivity index (χ2n) is 6.26. The lowest BCUT2D eigenvalue weighted by Gasteiger charge is -2.25.